The lowest BCUT2D eigenvalue weighted by Crippen LogP contribution is -2.12. The Morgan fingerprint density at radius 2 is 0.767 bits per heavy atom. The molecule has 17 heteroatoms. The molecule has 2 amide bonds. The third kappa shape index (κ3) is 7.50. The summed E-state index contributed by atoms with van der Waals surface area (Å²) in [6.45, 7) is 0. The van der Waals surface area contributed by atoms with Gasteiger partial charge in [-0.3, -0.25) is 50.0 Å². The van der Waals surface area contributed by atoms with Crippen molar-refractivity contribution in [3.8, 4) is 0 Å². The number of nitrogens with zero attached hydrogens (tertiary/aromatic N) is 4. The normalized spacial score (nSPS) is 10.4. The van der Waals surface area contributed by atoms with Gasteiger partial charge in [0, 0.05) is 45.4 Å². The molecule has 0 saturated carbocycles. The van der Waals surface area contributed by atoms with Crippen molar-refractivity contribution >= 4 is 57.7 Å². The van der Waals surface area contributed by atoms with Crippen LogP contribution in [0.3, 0.4) is 0 Å². The minimum atomic E-state index is -0.832. The molecule has 43 heavy (non-hydrogen) atoms. The zero-order chi connectivity index (χ0) is 31.3. The van der Waals surface area contributed by atoms with Gasteiger partial charge in [-0.05, 0) is 48.5 Å². The van der Waals surface area contributed by atoms with Crippen LogP contribution in [0.1, 0.15) is 20.7 Å². The molecule has 0 saturated heterocycles. The first kappa shape index (κ1) is 29.7. The van der Waals surface area contributed by atoms with Gasteiger partial charge in [0.05, 0.1) is 43.0 Å². The summed E-state index contributed by atoms with van der Waals surface area (Å²) in [4.78, 5) is 67.6. The molecule has 4 aromatic rings. The zero-order valence-corrected chi connectivity index (χ0v) is 22.2. The fourth-order valence-electron chi connectivity index (χ4n) is 3.63. The molecule has 0 fully saturated rings. The van der Waals surface area contributed by atoms with Gasteiger partial charge < -0.3 is 10.6 Å². The van der Waals surface area contributed by atoms with Crippen LogP contribution in [0.25, 0.3) is 0 Å². The lowest BCUT2D eigenvalue weighted by atomic mass is 10.1. The number of hydrogen-bond donors (Lipinski definition) is 2. The van der Waals surface area contributed by atoms with Gasteiger partial charge in [0.25, 0.3) is 34.6 Å². The predicted molar refractivity (Wildman–Crippen MR) is 152 cm³/mol. The van der Waals surface area contributed by atoms with Gasteiger partial charge in [0.2, 0.25) is 0 Å². The second kappa shape index (κ2) is 12.5. The summed E-state index contributed by atoms with van der Waals surface area (Å²) in [6, 6.07) is 18.3. The summed E-state index contributed by atoms with van der Waals surface area (Å²) in [6.07, 6.45) is 0. The standard InChI is InChI=1S/C26H16N6O10S/c33-25(15-9-19(29(35)36)13-20(10-15)30(37)38)27-17-1-5-23(6-2-17)43-24-7-3-18(4-8-24)28-26(34)16-11-21(31(39)40)14-22(12-16)32(41)42/h1-14H,(H,27,33)(H,28,34). The fraction of sp³-hybridized carbons (Fsp3) is 0. The van der Waals surface area contributed by atoms with E-state index in [0.29, 0.717) is 11.4 Å². The van der Waals surface area contributed by atoms with Crippen LogP contribution >= 0.6 is 11.8 Å². The van der Waals surface area contributed by atoms with E-state index in [1.807, 2.05) is 0 Å². The third-order valence-corrected chi connectivity index (χ3v) is 6.65. The molecule has 0 unspecified atom stereocenters. The van der Waals surface area contributed by atoms with Crippen LogP contribution < -0.4 is 10.6 Å². The Labute approximate surface area is 243 Å². The van der Waals surface area contributed by atoms with Crippen molar-refractivity contribution < 1.29 is 29.3 Å². The quantitative estimate of drug-likeness (QED) is 0.158. The molecule has 0 spiro atoms. The molecule has 4 aromatic carbocycles. The molecule has 0 bridgehead atoms. The number of non-ortho nitro benzene ring substituents is 4. The van der Waals surface area contributed by atoms with Gasteiger partial charge >= 0.3 is 0 Å². The number of benzene rings is 4. The van der Waals surface area contributed by atoms with Gasteiger partial charge in [0.1, 0.15) is 0 Å². The molecule has 0 aromatic heterocycles. The predicted octanol–water partition coefficient (Wildman–Crippen LogP) is 5.98. The Hall–Kier alpha value is -6.23. The highest BCUT2D eigenvalue weighted by Crippen LogP contribution is 2.30. The second-order valence-electron chi connectivity index (χ2n) is 8.56. The summed E-state index contributed by atoms with van der Waals surface area (Å²) >= 11 is 1.33. The van der Waals surface area contributed by atoms with Crippen LogP contribution in [0.5, 0.6) is 0 Å². The van der Waals surface area contributed by atoms with E-state index in [1.165, 1.54) is 11.8 Å². The first-order valence-electron chi connectivity index (χ1n) is 11.8. The average molecular weight is 605 g/mol. The Bertz CT molecular complexity index is 1600. The molecule has 0 aliphatic carbocycles. The molecule has 2 N–H and O–H groups in total. The van der Waals surface area contributed by atoms with E-state index in [4.69, 9.17) is 0 Å². The Kier molecular flexibility index (Phi) is 8.66. The van der Waals surface area contributed by atoms with Crippen LogP contribution in [0.4, 0.5) is 34.1 Å². The number of rotatable bonds is 10. The number of amides is 2. The molecule has 0 radical (unpaired) electrons. The van der Waals surface area contributed by atoms with Crippen LogP contribution in [0.15, 0.2) is 94.7 Å². The van der Waals surface area contributed by atoms with Crippen molar-refractivity contribution in [3.05, 3.63) is 137 Å². The molecule has 16 nitrogen and oxygen atoms in total. The van der Waals surface area contributed by atoms with Gasteiger partial charge in [-0.1, -0.05) is 11.8 Å². The SMILES string of the molecule is O=C(Nc1ccc(Sc2ccc(NC(=O)c3cc([N+](=O)[O-])cc([N+](=O)[O-])c3)cc2)cc1)c1cc([N+](=O)[O-])cc([N+](=O)[O-])c1. The maximum Gasteiger partial charge on any atom is 0.277 e. The Balaban J connectivity index is 1.40. The monoisotopic (exact) mass is 604 g/mol. The molecular weight excluding hydrogens is 588 g/mol. The highest BCUT2D eigenvalue weighted by atomic mass is 32.2. The average Bonchev–Trinajstić information content (AvgIpc) is 2.98. The number of carbonyl (C=O) groups excluding carboxylic acids is 2. The van der Waals surface area contributed by atoms with Crippen molar-refractivity contribution in [2.24, 2.45) is 0 Å². The number of anilines is 2. The van der Waals surface area contributed by atoms with Crippen LogP contribution in [-0.4, -0.2) is 31.5 Å². The van der Waals surface area contributed by atoms with E-state index in [1.54, 1.807) is 48.5 Å². The summed E-state index contributed by atoms with van der Waals surface area (Å²) in [5.74, 6) is -1.55. The fourth-order valence-corrected chi connectivity index (χ4v) is 4.45. The number of nitro groups is 4. The number of hydrogen-bond acceptors (Lipinski definition) is 11. The first-order chi connectivity index (χ1) is 20.4. The minimum absolute atomic E-state index is 0.254. The highest BCUT2D eigenvalue weighted by Gasteiger charge is 2.21. The summed E-state index contributed by atoms with van der Waals surface area (Å²) in [7, 11) is 0. The van der Waals surface area contributed by atoms with Gasteiger partial charge in [-0.2, -0.15) is 0 Å². The largest absolute Gasteiger partial charge is 0.322 e. The molecule has 4 rings (SSSR count). The first-order valence-corrected chi connectivity index (χ1v) is 12.6. The van der Waals surface area contributed by atoms with E-state index in [0.717, 1.165) is 46.2 Å². The van der Waals surface area contributed by atoms with E-state index in [-0.39, 0.29) is 11.1 Å². The second-order valence-corrected chi connectivity index (χ2v) is 9.71. The topological polar surface area (TPSA) is 231 Å². The van der Waals surface area contributed by atoms with Crippen LogP contribution in [0, 0.1) is 40.5 Å². The molecular formula is C26H16N6O10S. The van der Waals surface area contributed by atoms with Crippen LogP contribution in [0.2, 0.25) is 0 Å². The zero-order valence-electron chi connectivity index (χ0n) is 21.4. The van der Waals surface area contributed by atoms with Crippen molar-refractivity contribution in [3.63, 3.8) is 0 Å². The number of nitrogens with one attached hydrogen (secondary N) is 2. The highest BCUT2D eigenvalue weighted by molar-refractivity contribution is 7.99. The Morgan fingerprint density at radius 1 is 0.488 bits per heavy atom. The van der Waals surface area contributed by atoms with Crippen molar-refractivity contribution in [2.75, 3.05) is 10.6 Å². The number of nitro benzene ring substituents is 4. The van der Waals surface area contributed by atoms with E-state index in [9.17, 15) is 50.0 Å². The van der Waals surface area contributed by atoms with E-state index >= 15 is 0 Å². The molecule has 0 atom stereocenters. The maximum atomic E-state index is 12.6. The maximum absolute atomic E-state index is 12.6. The van der Waals surface area contributed by atoms with Gasteiger partial charge in [-0.25, -0.2) is 0 Å². The summed E-state index contributed by atoms with van der Waals surface area (Å²) in [5.41, 5.74) is -2.21. The Morgan fingerprint density at radius 3 is 1.02 bits per heavy atom. The van der Waals surface area contributed by atoms with Gasteiger partial charge in [0.15, 0.2) is 0 Å². The van der Waals surface area contributed by atoms with E-state index in [2.05, 4.69) is 10.6 Å². The van der Waals surface area contributed by atoms with Crippen molar-refractivity contribution in [2.45, 2.75) is 9.79 Å². The number of carbonyl (C=O) groups is 2. The minimum Gasteiger partial charge on any atom is -0.322 e. The lowest BCUT2D eigenvalue weighted by molar-refractivity contribution is -0.394. The molecule has 216 valence electrons. The van der Waals surface area contributed by atoms with Crippen molar-refractivity contribution in [1.82, 2.24) is 0 Å². The van der Waals surface area contributed by atoms with E-state index < -0.39 is 54.3 Å². The molecule has 0 aliphatic heterocycles. The summed E-state index contributed by atoms with van der Waals surface area (Å²) in [5, 5.41) is 49.4. The smallest absolute Gasteiger partial charge is 0.277 e. The molecule has 0 aliphatic rings. The molecule has 0 heterocycles. The van der Waals surface area contributed by atoms with Gasteiger partial charge in [-0.15, -0.1) is 0 Å². The summed E-state index contributed by atoms with van der Waals surface area (Å²) < 4.78 is 0. The third-order valence-electron chi connectivity index (χ3n) is 5.63. The lowest BCUT2D eigenvalue weighted by Gasteiger charge is -2.08. The van der Waals surface area contributed by atoms with Crippen LogP contribution in [-0.2, 0) is 0 Å². The van der Waals surface area contributed by atoms with Crippen molar-refractivity contribution in [1.29, 1.82) is 0 Å².